The molecule has 1 aromatic heterocycles. The van der Waals surface area contributed by atoms with Crippen LogP contribution in [0.1, 0.15) is 16.8 Å². The summed E-state index contributed by atoms with van der Waals surface area (Å²) in [6.07, 6.45) is 0.632. The zero-order valence-electron chi connectivity index (χ0n) is 17.3. The molecule has 0 fully saturated rings. The fourth-order valence-corrected chi connectivity index (χ4v) is 3.34. The average molecular weight is 420 g/mol. The van der Waals surface area contributed by atoms with Gasteiger partial charge in [-0.1, -0.05) is 53.6 Å². The molecule has 4 aromatic rings. The van der Waals surface area contributed by atoms with Crippen LogP contribution in [-0.4, -0.2) is 16.8 Å². The van der Waals surface area contributed by atoms with E-state index in [-0.39, 0.29) is 0 Å². The molecule has 6 nitrogen and oxygen atoms in total. The van der Waals surface area contributed by atoms with E-state index in [9.17, 15) is 0 Å². The molecule has 0 saturated carbocycles. The molecule has 32 heavy (non-hydrogen) atoms. The number of aliphatic imine (C=N–C) groups is 1. The van der Waals surface area contributed by atoms with E-state index in [0.29, 0.717) is 25.5 Å². The molecule has 0 saturated heterocycles. The Labute approximate surface area is 185 Å². The quantitative estimate of drug-likeness (QED) is 0.381. The maximum absolute atomic E-state index is 5.89. The van der Waals surface area contributed by atoms with E-state index in [0.717, 1.165) is 39.2 Å². The van der Waals surface area contributed by atoms with Gasteiger partial charge in [0.25, 0.3) is 0 Å². The van der Waals surface area contributed by atoms with Crippen LogP contribution in [0.3, 0.4) is 0 Å². The summed E-state index contributed by atoms with van der Waals surface area (Å²) in [5.41, 5.74) is 4.04. The number of nitrogens with zero attached hydrogens (tertiary/aromatic N) is 4. The number of hydrogen-bond donors (Lipinski definition) is 0. The molecular formula is C26H20N4O2. The van der Waals surface area contributed by atoms with Crippen molar-refractivity contribution < 1.29 is 9.47 Å². The summed E-state index contributed by atoms with van der Waals surface area (Å²) in [6.45, 7) is 0.910. The van der Waals surface area contributed by atoms with Gasteiger partial charge >= 0.3 is 0 Å². The van der Waals surface area contributed by atoms with Crippen LogP contribution in [-0.2, 0) is 19.6 Å². The molecule has 0 aliphatic carbocycles. The lowest BCUT2D eigenvalue weighted by Crippen LogP contribution is -2.00. The molecule has 0 bridgehead atoms. The zero-order valence-corrected chi connectivity index (χ0v) is 17.3. The summed E-state index contributed by atoms with van der Waals surface area (Å²) >= 11 is 0. The van der Waals surface area contributed by atoms with Crippen LogP contribution in [0.15, 0.2) is 100 Å². The van der Waals surface area contributed by atoms with Crippen molar-refractivity contribution in [2.24, 2.45) is 15.2 Å². The number of para-hydroxylation sites is 1. The molecule has 0 radical (unpaired) electrons. The van der Waals surface area contributed by atoms with Crippen molar-refractivity contribution in [2.75, 3.05) is 0 Å². The van der Waals surface area contributed by atoms with E-state index in [2.05, 4.69) is 38.3 Å². The predicted molar refractivity (Wildman–Crippen MR) is 124 cm³/mol. The molecule has 1 aliphatic heterocycles. The van der Waals surface area contributed by atoms with Gasteiger partial charge in [0.1, 0.15) is 30.7 Å². The molecule has 3 aromatic carbocycles. The Hall–Kier alpha value is -4.28. The van der Waals surface area contributed by atoms with Gasteiger partial charge in [0.05, 0.1) is 11.2 Å². The van der Waals surface area contributed by atoms with Crippen LogP contribution in [0.2, 0.25) is 0 Å². The van der Waals surface area contributed by atoms with Crippen LogP contribution in [0, 0.1) is 0 Å². The summed E-state index contributed by atoms with van der Waals surface area (Å²) in [4.78, 5) is 8.61. The highest BCUT2D eigenvalue weighted by Crippen LogP contribution is 2.19. The van der Waals surface area contributed by atoms with Gasteiger partial charge in [0, 0.05) is 11.8 Å². The molecule has 156 valence electrons. The first kappa shape index (κ1) is 19.7. The fourth-order valence-electron chi connectivity index (χ4n) is 3.34. The van der Waals surface area contributed by atoms with Gasteiger partial charge in [0.2, 0.25) is 0 Å². The van der Waals surface area contributed by atoms with Crippen LogP contribution < -0.4 is 9.47 Å². The van der Waals surface area contributed by atoms with Crippen molar-refractivity contribution in [3.8, 4) is 11.5 Å². The van der Waals surface area contributed by atoms with Crippen molar-refractivity contribution in [3.63, 3.8) is 0 Å². The number of fused-ring (bicyclic) bond motifs is 1. The second-order valence-corrected chi connectivity index (χ2v) is 7.37. The molecule has 6 heteroatoms. The Balaban J connectivity index is 1.12. The Kier molecular flexibility index (Phi) is 5.68. The number of rotatable bonds is 8. The SMILES string of the molecule is C1=NN=C(Cc2ccc(OCc3ccc(OCc4ccc5ccccc5n4)cc3)cc2)N=1. The fraction of sp³-hybridized carbons (Fsp3) is 0.115. The molecule has 2 heterocycles. The van der Waals surface area contributed by atoms with Gasteiger partial charge in [0.15, 0.2) is 5.84 Å². The van der Waals surface area contributed by atoms with E-state index in [1.807, 2.05) is 72.8 Å². The van der Waals surface area contributed by atoms with Gasteiger partial charge in [-0.25, -0.2) is 4.98 Å². The van der Waals surface area contributed by atoms with Gasteiger partial charge in [-0.05, 0) is 47.5 Å². The van der Waals surface area contributed by atoms with Gasteiger partial charge in [-0.3, -0.25) is 0 Å². The van der Waals surface area contributed by atoms with E-state index in [1.165, 1.54) is 0 Å². The van der Waals surface area contributed by atoms with Crippen LogP contribution in [0.4, 0.5) is 0 Å². The second kappa shape index (κ2) is 9.25. The monoisotopic (exact) mass is 420 g/mol. The standard InChI is InChI=1S/C26H20N4O2/c1-2-4-25-21(3-1)9-10-22(29-25)17-32-24-13-7-20(8-14-24)16-31-23-11-5-19(6-12-23)15-26-27-18-28-30-26/h1-14H,15-17H2. The lowest BCUT2D eigenvalue weighted by atomic mass is 10.1. The van der Waals surface area contributed by atoms with Crippen molar-refractivity contribution in [3.05, 3.63) is 102 Å². The summed E-state index contributed by atoms with van der Waals surface area (Å²) in [6, 6.07) is 30.4. The minimum atomic E-state index is 0.427. The zero-order chi connectivity index (χ0) is 21.6. The molecule has 0 unspecified atom stereocenters. The second-order valence-electron chi connectivity index (χ2n) is 7.37. The molecule has 5 rings (SSSR count). The van der Waals surface area contributed by atoms with E-state index < -0.39 is 0 Å². The third-order valence-electron chi connectivity index (χ3n) is 5.05. The lowest BCUT2D eigenvalue weighted by molar-refractivity contribution is 0.298. The summed E-state index contributed by atoms with van der Waals surface area (Å²) in [5, 5.41) is 8.64. The Morgan fingerprint density at radius 1 is 0.688 bits per heavy atom. The van der Waals surface area contributed by atoms with Gasteiger partial charge in [-0.2, -0.15) is 4.99 Å². The Bertz CT molecular complexity index is 1320. The highest BCUT2D eigenvalue weighted by molar-refractivity contribution is 5.91. The maximum Gasteiger partial charge on any atom is 0.167 e. The normalized spacial score (nSPS) is 12.2. The number of pyridine rings is 1. The molecule has 0 spiro atoms. The largest absolute Gasteiger partial charge is 0.489 e. The molecule has 0 N–H and O–H groups in total. The minimum Gasteiger partial charge on any atom is -0.489 e. The lowest BCUT2D eigenvalue weighted by Gasteiger charge is -2.09. The highest BCUT2D eigenvalue weighted by Gasteiger charge is 2.04. The van der Waals surface area contributed by atoms with Crippen LogP contribution >= 0.6 is 0 Å². The number of benzene rings is 3. The third-order valence-corrected chi connectivity index (χ3v) is 5.05. The van der Waals surface area contributed by atoms with Crippen molar-refractivity contribution in [1.82, 2.24) is 4.98 Å². The van der Waals surface area contributed by atoms with Gasteiger partial charge in [-0.15, -0.1) is 5.10 Å². The van der Waals surface area contributed by atoms with E-state index in [1.54, 1.807) is 0 Å². The highest BCUT2D eigenvalue weighted by atomic mass is 16.5. The topological polar surface area (TPSA) is 68.4 Å². The van der Waals surface area contributed by atoms with Crippen molar-refractivity contribution >= 4 is 22.7 Å². The van der Waals surface area contributed by atoms with Crippen molar-refractivity contribution in [1.29, 1.82) is 0 Å². The number of ether oxygens (including phenoxy) is 2. The molecule has 0 amide bonds. The number of hydrogen-bond acceptors (Lipinski definition) is 6. The van der Waals surface area contributed by atoms with Crippen LogP contribution in [0.25, 0.3) is 10.9 Å². The molecule has 1 aliphatic rings. The third kappa shape index (κ3) is 4.89. The number of amidine groups is 1. The summed E-state index contributed by atoms with van der Waals surface area (Å²) < 4.78 is 11.8. The first-order valence-corrected chi connectivity index (χ1v) is 10.3. The first-order chi connectivity index (χ1) is 15.8. The Morgan fingerprint density at radius 2 is 1.41 bits per heavy atom. The van der Waals surface area contributed by atoms with E-state index >= 15 is 0 Å². The first-order valence-electron chi connectivity index (χ1n) is 10.3. The van der Waals surface area contributed by atoms with Crippen molar-refractivity contribution in [2.45, 2.75) is 19.6 Å². The van der Waals surface area contributed by atoms with Crippen LogP contribution in [0.5, 0.6) is 11.5 Å². The summed E-state index contributed by atoms with van der Waals surface area (Å²) in [7, 11) is 0. The molecular weight excluding hydrogens is 400 g/mol. The van der Waals surface area contributed by atoms with E-state index in [4.69, 9.17) is 9.47 Å². The smallest absolute Gasteiger partial charge is 0.167 e. The predicted octanol–water partition coefficient (Wildman–Crippen LogP) is 5.44. The summed E-state index contributed by atoms with van der Waals surface area (Å²) in [5.74, 6) is 2.27. The minimum absolute atomic E-state index is 0.427. The maximum atomic E-state index is 5.89. The molecule has 0 atom stereocenters. The van der Waals surface area contributed by atoms with Gasteiger partial charge < -0.3 is 9.47 Å². The number of aromatic nitrogens is 1. The average Bonchev–Trinajstić information content (AvgIpc) is 3.36. The Morgan fingerprint density at radius 3 is 2.16 bits per heavy atom.